The Morgan fingerprint density at radius 3 is 1.58 bits per heavy atom. The van der Waals surface area contributed by atoms with Gasteiger partial charge in [0.2, 0.25) is 0 Å². The fourth-order valence-corrected chi connectivity index (χ4v) is 3.34. The highest BCUT2D eigenvalue weighted by atomic mass is 32.2. The molecule has 0 saturated carbocycles. The van der Waals surface area contributed by atoms with E-state index in [1.165, 1.54) is 0 Å². The lowest BCUT2D eigenvalue weighted by Gasteiger charge is -2.35. The second-order valence-electron chi connectivity index (χ2n) is 6.53. The smallest absolute Gasteiger partial charge is 0.331 e. The zero-order valence-corrected chi connectivity index (χ0v) is 15.2. The molecule has 0 spiro atoms. The number of nitrogens with zero attached hydrogens (tertiary/aromatic N) is 2. The van der Waals surface area contributed by atoms with Gasteiger partial charge in [0.15, 0.2) is 0 Å². The van der Waals surface area contributed by atoms with E-state index in [2.05, 4.69) is 0 Å². The fourth-order valence-electron chi connectivity index (χ4n) is 1.85. The van der Waals surface area contributed by atoms with Gasteiger partial charge in [-0.3, -0.25) is 0 Å². The van der Waals surface area contributed by atoms with Crippen LogP contribution in [0.1, 0.15) is 13.3 Å². The molecule has 0 aliphatic carbocycles. The molecule has 158 valence electrons. The van der Waals surface area contributed by atoms with Crippen LogP contribution in [0.25, 0.3) is 0 Å². The molecule has 4 nitrogen and oxygen atoms in total. The van der Waals surface area contributed by atoms with Gasteiger partial charge in [0.1, 0.15) is 0 Å². The van der Waals surface area contributed by atoms with Crippen LogP contribution in [0, 0.1) is 0 Å². The van der Waals surface area contributed by atoms with Gasteiger partial charge in [0.05, 0.1) is 27.7 Å². The van der Waals surface area contributed by atoms with Crippen molar-refractivity contribution in [2.45, 2.75) is 36.6 Å². The van der Waals surface area contributed by atoms with Crippen LogP contribution in [0.4, 0.5) is 39.5 Å². The average molecular weight is 427 g/mol. The van der Waals surface area contributed by atoms with Crippen molar-refractivity contribution < 1.29 is 52.4 Å². The molecule has 0 unspecified atom stereocenters. The Morgan fingerprint density at radius 2 is 1.27 bits per heavy atom. The lowest BCUT2D eigenvalue weighted by atomic mass is 10.1. The third kappa shape index (κ3) is 4.55. The largest absolute Gasteiger partial charge is 0.460 e. The normalized spacial score (nSPS) is 15.6. The van der Waals surface area contributed by atoms with Gasteiger partial charge in [-0.15, -0.1) is 0 Å². The summed E-state index contributed by atoms with van der Waals surface area (Å²) in [7, 11) is -1.56. The minimum Gasteiger partial charge on any atom is -0.331 e. The van der Waals surface area contributed by atoms with E-state index in [0.29, 0.717) is 0 Å². The summed E-state index contributed by atoms with van der Waals surface area (Å²) in [5, 5.41) is -6.67. The first-order valence-corrected chi connectivity index (χ1v) is 8.61. The predicted molar refractivity (Wildman–Crippen MR) is 74.6 cm³/mol. The highest BCUT2D eigenvalue weighted by molar-refractivity contribution is 7.90. The summed E-state index contributed by atoms with van der Waals surface area (Å²) >= 11 is 0. The number of hydrogen-bond acceptors (Lipinski definition) is 2. The molecular formula is C12H20F9N2O2S+. The maximum absolute atomic E-state index is 13.7. The number of alkyl halides is 9. The van der Waals surface area contributed by atoms with Gasteiger partial charge in [0, 0.05) is 19.5 Å². The van der Waals surface area contributed by atoms with Crippen molar-refractivity contribution in [1.82, 2.24) is 4.31 Å². The maximum atomic E-state index is 13.7. The number of halogens is 9. The monoisotopic (exact) mass is 427 g/mol. The van der Waals surface area contributed by atoms with Crippen LogP contribution in [0.2, 0.25) is 0 Å². The highest BCUT2D eigenvalue weighted by Gasteiger charge is 2.85. The first-order valence-electron chi connectivity index (χ1n) is 7.17. The van der Waals surface area contributed by atoms with Crippen LogP contribution < -0.4 is 0 Å². The maximum Gasteiger partial charge on any atom is 0.460 e. The minimum absolute atomic E-state index is 0.117. The Morgan fingerprint density at radius 1 is 0.846 bits per heavy atom. The topological polar surface area (TPSA) is 37.4 Å². The number of rotatable bonds is 9. The van der Waals surface area contributed by atoms with Gasteiger partial charge in [-0.1, -0.05) is 6.92 Å². The molecule has 26 heavy (non-hydrogen) atoms. The predicted octanol–water partition coefficient (Wildman–Crippen LogP) is 3.16. The molecule has 14 heteroatoms. The van der Waals surface area contributed by atoms with Gasteiger partial charge in [-0.05, 0) is 0 Å². The van der Waals surface area contributed by atoms with E-state index in [9.17, 15) is 47.9 Å². The van der Waals surface area contributed by atoms with Gasteiger partial charge >= 0.3 is 23.3 Å². The summed E-state index contributed by atoms with van der Waals surface area (Å²) < 4.78 is 140. The number of sulfonamides is 1. The van der Waals surface area contributed by atoms with Crippen molar-refractivity contribution in [1.29, 1.82) is 0 Å². The third-order valence-corrected chi connectivity index (χ3v) is 5.39. The van der Waals surface area contributed by atoms with Crippen molar-refractivity contribution in [3.63, 3.8) is 0 Å². The molecule has 0 aromatic rings. The Kier molecular flexibility index (Phi) is 7.12. The molecule has 0 aromatic carbocycles. The number of hydrogen-bond donors (Lipinski definition) is 0. The second-order valence-corrected chi connectivity index (χ2v) is 8.51. The molecule has 0 heterocycles. The van der Waals surface area contributed by atoms with E-state index in [4.69, 9.17) is 0 Å². The minimum atomic E-state index is -7.25. The van der Waals surface area contributed by atoms with Gasteiger partial charge < -0.3 is 4.48 Å². The van der Waals surface area contributed by atoms with Crippen LogP contribution in [0.3, 0.4) is 0 Å². The summed E-state index contributed by atoms with van der Waals surface area (Å²) in [4.78, 5) is 0. The molecule has 0 N–H and O–H groups in total. The molecule has 0 radical (unpaired) electrons. The van der Waals surface area contributed by atoms with Crippen LogP contribution in [-0.4, -0.2) is 81.3 Å². The SMILES string of the molecule is CCN(CCC[N+](C)(C)C)S(=O)(=O)C(F)(F)C(F)(F)C(F)(F)C(F)(F)F. The molecule has 0 atom stereocenters. The van der Waals surface area contributed by atoms with E-state index in [-0.39, 0.29) is 21.8 Å². The third-order valence-electron chi connectivity index (χ3n) is 3.37. The zero-order valence-electron chi connectivity index (χ0n) is 14.3. The number of quaternary nitrogens is 1. The molecule has 0 saturated heterocycles. The van der Waals surface area contributed by atoms with E-state index < -0.39 is 46.4 Å². The van der Waals surface area contributed by atoms with Crippen LogP contribution in [0.5, 0.6) is 0 Å². The fraction of sp³-hybridized carbons (Fsp3) is 1.00. The quantitative estimate of drug-likeness (QED) is 0.419. The molecule has 0 aromatic heterocycles. The Balaban J connectivity index is 5.84. The standard InChI is InChI=1S/C12H20F9N2O2S/c1-5-22(7-6-8-23(2,3)4)26(24,25)12(20,21)10(15,16)9(13,14)11(17,18)19/h5-8H2,1-4H3/q+1. The van der Waals surface area contributed by atoms with Crippen molar-refractivity contribution >= 4 is 10.0 Å². The first kappa shape index (κ1) is 25.2. The lowest BCUT2D eigenvalue weighted by molar-refractivity contribution is -0.870. The molecule has 0 rings (SSSR count). The van der Waals surface area contributed by atoms with E-state index >= 15 is 0 Å². The summed E-state index contributed by atoms with van der Waals surface area (Å²) in [5.74, 6) is -14.5. The van der Waals surface area contributed by atoms with Gasteiger partial charge in [0.25, 0.3) is 10.0 Å². The van der Waals surface area contributed by atoms with Crippen LogP contribution >= 0.6 is 0 Å². The second kappa shape index (κ2) is 7.34. The average Bonchev–Trinajstić information content (AvgIpc) is 2.40. The van der Waals surface area contributed by atoms with Crippen molar-refractivity contribution in [3.8, 4) is 0 Å². The Hall–Kier alpha value is -0.760. The van der Waals surface area contributed by atoms with E-state index in [1.54, 1.807) is 21.1 Å². The highest BCUT2D eigenvalue weighted by Crippen LogP contribution is 2.55. The molecular weight excluding hydrogens is 407 g/mol. The summed E-state index contributed by atoms with van der Waals surface area (Å²) in [6.07, 6.45) is -7.19. The lowest BCUT2D eigenvalue weighted by Crippen LogP contribution is -2.65. The zero-order chi connectivity index (χ0) is 21.4. The van der Waals surface area contributed by atoms with Crippen LogP contribution in [-0.2, 0) is 10.0 Å². The van der Waals surface area contributed by atoms with Crippen molar-refractivity contribution in [2.24, 2.45) is 0 Å². The van der Waals surface area contributed by atoms with Gasteiger partial charge in [-0.2, -0.15) is 43.8 Å². The molecule has 0 fully saturated rings. The van der Waals surface area contributed by atoms with E-state index in [1.807, 2.05) is 0 Å². The summed E-state index contributed by atoms with van der Waals surface area (Å²) in [6, 6.07) is 0. The molecule has 0 aliphatic heterocycles. The Bertz CT molecular complexity index is 582. The summed E-state index contributed by atoms with van der Waals surface area (Å²) in [5.41, 5.74) is 0. The Labute approximate surface area is 145 Å². The first-order chi connectivity index (χ1) is 11.2. The molecule has 0 amide bonds. The summed E-state index contributed by atoms with van der Waals surface area (Å²) in [6.45, 7) is -0.410. The molecule has 0 aliphatic rings. The molecule has 0 bridgehead atoms. The van der Waals surface area contributed by atoms with E-state index in [0.717, 1.165) is 6.92 Å². The van der Waals surface area contributed by atoms with Crippen molar-refractivity contribution in [3.05, 3.63) is 0 Å². The van der Waals surface area contributed by atoms with Gasteiger partial charge in [-0.25, -0.2) is 8.42 Å². The van der Waals surface area contributed by atoms with Crippen molar-refractivity contribution in [2.75, 3.05) is 40.8 Å². The van der Waals surface area contributed by atoms with Crippen LogP contribution in [0.15, 0.2) is 0 Å².